The van der Waals surface area contributed by atoms with Gasteiger partial charge in [0.05, 0.1) is 0 Å². The van der Waals surface area contributed by atoms with Crippen molar-refractivity contribution in [3.63, 3.8) is 0 Å². The third-order valence-electron chi connectivity index (χ3n) is 4.38. The van der Waals surface area contributed by atoms with Crippen molar-refractivity contribution in [1.29, 1.82) is 0 Å². The van der Waals surface area contributed by atoms with Crippen LogP contribution in [-0.2, 0) is 4.79 Å². The Bertz CT molecular complexity index is 274. The van der Waals surface area contributed by atoms with Gasteiger partial charge >= 0.3 is 0 Å². The highest BCUT2D eigenvalue weighted by Crippen LogP contribution is 2.26. The summed E-state index contributed by atoms with van der Waals surface area (Å²) < 4.78 is 0. The van der Waals surface area contributed by atoms with Crippen molar-refractivity contribution < 1.29 is 4.79 Å². The topological polar surface area (TPSA) is 49.6 Å². The maximum absolute atomic E-state index is 12.4. The predicted molar refractivity (Wildman–Crippen MR) is 68.6 cm³/mol. The van der Waals surface area contributed by atoms with Gasteiger partial charge in [-0.2, -0.15) is 0 Å². The fraction of sp³-hybridized carbons (Fsp3) is 0.923. The van der Waals surface area contributed by atoms with Crippen molar-refractivity contribution in [1.82, 2.24) is 9.80 Å². The first-order chi connectivity index (χ1) is 8.08. The summed E-state index contributed by atoms with van der Waals surface area (Å²) in [6, 6.07) is 0.741. The summed E-state index contributed by atoms with van der Waals surface area (Å²) >= 11 is 0. The molecular weight excluding hydrogens is 214 g/mol. The molecule has 0 aromatic carbocycles. The number of carbonyl (C=O) groups excluding carboxylic acids is 1. The van der Waals surface area contributed by atoms with Crippen LogP contribution in [0.15, 0.2) is 0 Å². The number of carbonyl (C=O) groups is 1. The van der Waals surface area contributed by atoms with Crippen LogP contribution in [0, 0.1) is 5.92 Å². The summed E-state index contributed by atoms with van der Waals surface area (Å²) in [5.74, 6) is 0.572. The molecule has 4 heteroatoms. The Morgan fingerprint density at radius 3 is 2.41 bits per heavy atom. The Hall–Kier alpha value is -0.610. The zero-order valence-electron chi connectivity index (χ0n) is 11.1. The van der Waals surface area contributed by atoms with Crippen LogP contribution in [-0.4, -0.2) is 55.0 Å². The number of hydrogen-bond donors (Lipinski definition) is 1. The van der Waals surface area contributed by atoms with Crippen LogP contribution in [0.2, 0.25) is 0 Å². The van der Waals surface area contributed by atoms with Gasteiger partial charge in [-0.05, 0) is 45.7 Å². The average molecular weight is 239 g/mol. The zero-order valence-corrected chi connectivity index (χ0v) is 11.1. The first-order valence-corrected chi connectivity index (χ1v) is 6.78. The number of nitrogens with zero attached hydrogens (tertiary/aromatic N) is 2. The van der Waals surface area contributed by atoms with Gasteiger partial charge in [0.1, 0.15) is 0 Å². The number of nitrogens with two attached hydrogens (primary N) is 1. The lowest BCUT2D eigenvalue weighted by Crippen LogP contribution is -2.43. The molecule has 0 bridgehead atoms. The zero-order chi connectivity index (χ0) is 12.4. The average Bonchev–Trinajstić information content (AvgIpc) is 2.75. The van der Waals surface area contributed by atoms with Gasteiger partial charge in [0, 0.05) is 31.6 Å². The Morgan fingerprint density at radius 1 is 1.24 bits per heavy atom. The van der Waals surface area contributed by atoms with E-state index in [-0.39, 0.29) is 5.92 Å². The van der Waals surface area contributed by atoms with Crippen LogP contribution in [0.25, 0.3) is 0 Å². The monoisotopic (exact) mass is 239 g/mol. The van der Waals surface area contributed by atoms with Gasteiger partial charge < -0.3 is 15.5 Å². The lowest BCUT2D eigenvalue weighted by Gasteiger charge is -2.32. The molecule has 1 heterocycles. The fourth-order valence-electron chi connectivity index (χ4n) is 3.06. The SMILES string of the molecule is CN1CCC(N(C)C(=O)C2CCC(N)CC2)C1. The van der Waals surface area contributed by atoms with Crippen molar-refractivity contribution in [2.45, 2.75) is 44.2 Å². The molecule has 2 fully saturated rings. The van der Waals surface area contributed by atoms with Gasteiger partial charge in [-0.15, -0.1) is 0 Å². The van der Waals surface area contributed by atoms with Gasteiger partial charge in [0.2, 0.25) is 5.91 Å². The highest BCUT2D eigenvalue weighted by molar-refractivity contribution is 5.79. The first-order valence-electron chi connectivity index (χ1n) is 6.78. The van der Waals surface area contributed by atoms with E-state index in [9.17, 15) is 4.79 Å². The van der Waals surface area contributed by atoms with Crippen LogP contribution in [0.4, 0.5) is 0 Å². The van der Waals surface area contributed by atoms with Crippen LogP contribution in [0.5, 0.6) is 0 Å². The number of likely N-dealkylation sites (N-methyl/N-ethyl adjacent to an activating group) is 2. The summed E-state index contributed by atoms with van der Waals surface area (Å²) in [6.45, 7) is 2.13. The summed E-state index contributed by atoms with van der Waals surface area (Å²) in [4.78, 5) is 16.7. The largest absolute Gasteiger partial charge is 0.341 e. The smallest absolute Gasteiger partial charge is 0.225 e. The van der Waals surface area contributed by atoms with Crippen molar-refractivity contribution in [3.8, 4) is 0 Å². The molecule has 1 unspecified atom stereocenters. The highest BCUT2D eigenvalue weighted by atomic mass is 16.2. The molecule has 1 aliphatic carbocycles. The second-order valence-electron chi connectivity index (χ2n) is 5.77. The first kappa shape index (κ1) is 12.8. The molecule has 0 aromatic heterocycles. The molecule has 4 nitrogen and oxygen atoms in total. The minimum Gasteiger partial charge on any atom is -0.341 e. The molecule has 0 radical (unpaired) electrons. The maximum Gasteiger partial charge on any atom is 0.225 e. The number of likely N-dealkylation sites (tertiary alicyclic amines) is 1. The summed E-state index contributed by atoms with van der Waals surface area (Å²) in [6.07, 6.45) is 5.09. The molecule has 1 aliphatic heterocycles. The quantitative estimate of drug-likeness (QED) is 0.770. The van der Waals surface area contributed by atoms with Crippen molar-refractivity contribution >= 4 is 5.91 Å². The van der Waals surface area contributed by atoms with E-state index in [4.69, 9.17) is 5.73 Å². The Labute approximate surface area is 104 Å². The summed E-state index contributed by atoms with van der Waals surface area (Å²) in [5.41, 5.74) is 5.88. The molecule has 17 heavy (non-hydrogen) atoms. The lowest BCUT2D eigenvalue weighted by atomic mass is 9.85. The van der Waals surface area contributed by atoms with E-state index in [1.165, 1.54) is 0 Å². The van der Waals surface area contributed by atoms with Crippen LogP contribution < -0.4 is 5.73 Å². The van der Waals surface area contributed by atoms with Gasteiger partial charge in [0.25, 0.3) is 0 Å². The molecular formula is C13H25N3O. The Kier molecular flexibility index (Phi) is 4.05. The van der Waals surface area contributed by atoms with E-state index in [0.29, 0.717) is 18.0 Å². The minimum atomic E-state index is 0.228. The molecule has 2 N–H and O–H groups in total. The number of amides is 1. The molecule has 1 atom stereocenters. The van der Waals surface area contributed by atoms with Gasteiger partial charge in [-0.1, -0.05) is 0 Å². The van der Waals surface area contributed by atoms with E-state index in [2.05, 4.69) is 11.9 Å². The normalized spacial score (nSPS) is 34.9. The second-order valence-corrected chi connectivity index (χ2v) is 5.77. The number of rotatable bonds is 2. The van der Waals surface area contributed by atoms with Crippen LogP contribution in [0.3, 0.4) is 0 Å². The maximum atomic E-state index is 12.4. The van der Waals surface area contributed by atoms with Gasteiger partial charge in [0.15, 0.2) is 0 Å². The minimum absolute atomic E-state index is 0.228. The van der Waals surface area contributed by atoms with E-state index in [1.54, 1.807) is 0 Å². The van der Waals surface area contributed by atoms with Crippen LogP contribution in [0.1, 0.15) is 32.1 Å². The molecule has 2 aliphatic rings. The Morgan fingerprint density at radius 2 is 1.88 bits per heavy atom. The standard InChI is InChI=1S/C13H25N3O/c1-15-8-7-12(9-15)16(2)13(17)10-3-5-11(14)6-4-10/h10-12H,3-9,14H2,1-2H3. The second kappa shape index (κ2) is 5.36. The van der Waals surface area contributed by atoms with Gasteiger partial charge in [-0.3, -0.25) is 4.79 Å². The van der Waals surface area contributed by atoms with Crippen molar-refractivity contribution in [2.75, 3.05) is 27.2 Å². The van der Waals surface area contributed by atoms with Crippen molar-refractivity contribution in [3.05, 3.63) is 0 Å². The molecule has 0 spiro atoms. The fourth-order valence-corrected chi connectivity index (χ4v) is 3.06. The molecule has 0 aromatic rings. The Balaban J connectivity index is 1.86. The lowest BCUT2D eigenvalue weighted by molar-refractivity contribution is -0.137. The highest BCUT2D eigenvalue weighted by Gasteiger charge is 2.32. The van der Waals surface area contributed by atoms with E-state index >= 15 is 0 Å². The van der Waals surface area contributed by atoms with Crippen molar-refractivity contribution in [2.24, 2.45) is 11.7 Å². The van der Waals surface area contributed by atoms with Gasteiger partial charge in [-0.25, -0.2) is 0 Å². The van der Waals surface area contributed by atoms with E-state index in [0.717, 1.165) is 45.2 Å². The van der Waals surface area contributed by atoms with E-state index in [1.807, 2.05) is 11.9 Å². The molecule has 2 rings (SSSR count). The summed E-state index contributed by atoms with van der Waals surface area (Å²) in [7, 11) is 4.10. The third kappa shape index (κ3) is 2.99. The molecule has 98 valence electrons. The summed E-state index contributed by atoms with van der Waals surface area (Å²) in [5, 5.41) is 0. The van der Waals surface area contributed by atoms with E-state index < -0.39 is 0 Å². The third-order valence-corrected chi connectivity index (χ3v) is 4.38. The molecule has 1 amide bonds. The molecule has 1 saturated heterocycles. The number of hydrogen-bond acceptors (Lipinski definition) is 3. The molecule has 1 saturated carbocycles. The van der Waals surface area contributed by atoms with Crippen LogP contribution >= 0.6 is 0 Å². The predicted octanol–water partition coefficient (Wildman–Crippen LogP) is 0.666.